The lowest BCUT2D eigenvalue weighted by Gasteiger charge is -2.67. The fourth-order valence-corrected chi connectivity index (χ4v) is 11.1. The Morgan fingerprint density at radius 1 is 0.806 bits per heavy atom. The molecule has 1 amide bonds. The molecule has 378 valence electrons. The first-order chi connectivity index (χ1) is 34.0. The van der Waals surface area contributed by atoms with Crippen LogP contribution < -0.4 is 5.32 Å². The number of carbonyl (C=O) groups is 7. The van der Waals surface area contributed by atoms with E-state index < -0.39 is 148 Å². The van der Waals surface area contributed by atoms with E-state index >= 15 is 4.79 Å². The largest absolute Gasteiger partial charge is 0.456 e. The molecule has 20 nitrogen and oxygen atoms in total. The molecular weight excluding hydrogens is 941 g/mol. The summed E-state index contributed by atoms with van der Waals surface area (Å²) in [4.78, 5) is 110. The number of benzene rings is 3. The van der Waals surface area contributed by atoms with Crippen molar-refractivity contribution in [2.24, 2.45) is 16.7 Å². The van der Waals surface area contributed by atoms with Crippen molar-refractivity contribution in [2.75, 3.05) is 6.61 Å². The van der Waals surface area contributed by atoms with Crippen LogP contribution in [0.2, 0.25) is 0 Å². The molecule has 11 atom stereocenters. The van der Waals surface area contributed by atoms with Crippen LogP contribution in [0.15, 0.2) is 119 Å². The van der Waals surface area contributed by atoms with Crippen LogP contribution in [0, 0.1) is 26.9 Å². The highest BCUT2D eigenvalue weighted by Gasteiger charge is 2.79. The number of nitro groups is 1. The van der Waals surface area contributed by atoms with Gasteiger partial charge in [-0.15, -0.1) is 0 Å². The average Bonchev–Trinajstić information content (AvgIpc) is 3.86. The number of nitrogens with zero attached hydrogens (tertiary/aromatic N) is 1. The lowest BCUT2D eigenvalue weighted by Crippen LogP contribution is -2.82. The van der Waals surface area contributed by atoms with Crippen LogP contribution in [0.25, 0.3) is 0 Å². The number of aliphatic hydroxyl groups excluding tert-OH is 1. The summed E-state index contributed by atoms with van der Waals surface area (Å²) in [6.07, 6.45) is -11.7. The number of furan rings is 1. The molecule has 2 saturated carbocycles. The first kappa shape index (κ1) is 50.8. The van der Waals surface area contributed by atoms with Gasteiger partial charge in [-0.25, -0.2) is 14.4 Å². The van der Waals surface area contributed by atoms with Crippen molar-refractivity contribution in [1.82, 2.24) is 5.32 Å². The van der Waals surface area contributed by atoms with Gasteiger partial charge in [-0.1, -0.05) is 80.6 Å². The summed E-state index contributed by atoms with van der Waals surface area (Å²) in [5.74, 6) is -10.4. The van der Waals surface area contributed by atoms with Crippen LogP contribution in [-0.2, 0) is 47.6 Å². The van der Waals surface area contributed by atoms with Gasteiger partial charge in [0.05, 0.1) is 35.6 Å². The first-order valence-corrected chi connectivity index (χ1v) is 23.0. The Balaban J connectivity index is 1.31. The summed E-state index contributed by atoms with van der Waals surface area (Å²) >= 11 is 0. The van der Waals surface area contributed by atoms with Crippen LogP contribution >= 0.6 is 0 Å². The lowest BCUT2D eigenvalue weighted by atomic mass is 9.44. The predicted molar refractivity (Wildman–Crippen MR) is 246 cm³/mol. The Morgan fingerprint density at radius 3 is 1.97 bits per heavy atom. The molecule has 0 spiro atoms. The molecule has 3 fully saturated rings. The molecule has 4 aromatic rings. The minimum atomic E-state index is -2.56. The summed E-state index contributed by atoms with van der Waals surface area (Å²) in [5, 5.41) is 40.1. The monoisotopic (exact) mass is 992 g/mol. The van der Waals surface area contributed by atoms with E-state index in [-0.39, 0.29) is 22.3 Å². The van der Waals surface area contributed by atoms with Gasteiger partial charge in [0.25, 0.3) is 5.91 Å². The van der Waals surface area contributed by atoms with Crippen LogP contribution in [-0.4, -0.2) is 111 Å². The molecule has 1 aliphatic heterocycles. The van der Waals surface area contributed by atoms with E-state index in [9.17, 15) is 49.1 Å². The molecule has 4 aliphatic rings. The minimum absolute atomic E-state index is 0.0220. The number of rotatable bonds is 13. The molecule has 1 aromatic heterocycles. The Hall–Kier alpha value is -7.55. The highest BCUT2D eigenvalue weighted by molar-refractivity contribution is 5.97. The quantitative estimate of drug-likeness (QED) is 0.0516. The van der Waals surface area contributed by atoms with Crippen LogP contribution in [0.3, 0.4) is 0 Å². The molecule has 3 aromatic carbocycles. The van der Waals surface area contributed by atoms with E-state index in [0.717, 1.165) is 26.0 Å². The smallest absolute Gasteiger partial charge is 0.433 e. The Morgan fingerprint density at radius 2 is 1.42 bits per heavy atom. The zero-order valence-electron chi connectivity index (χ0n) is 39.9. The van der Waals surface area contributed by atoms with Gasteiger partial charge in [0.1, 0.15) is 34.9 Å². The lowest BCUT2D eigenvalue weighted by molar-refractivity contribution is -0.402. The molecule has 8 rings (SSSR count). The van der Waals surface area contributed by atoms with Crippen LogP contribution in [0.4, 0.5) is 5.88 Å². The zero-order chi connectivity index (χ0) is 52.1. The molecule has 20 heteroatoms. The van der Waals surface area contributed by atoms with E-state index in [1.54, 1.807) is 66.7 Å². The zero-order valence-corrected chi connectivity index (χ0v) is 39.9. The van der Waals surface area contributed by atoms with E-state index in [1.165, 1.54) is 52.0 Å². The van der Waals surface area contributed by atoms with Crippen molar-refractivity contribution in [3.63, 3.8) is 0 Å². The Bertz CT molecular complexity index is 2850. The summed E-state index contributed by atoms with van der Waals surface area (Å²) in [7, 11) is 0. The number of fused-ring (bicyclic) bond motifs is 5. The van der Waals surface area contributed by atoms with Gasteiger partial charge < -0.3 is 48.4 Å². The van der Waals surface area contributed by atoms with Gasteiger partial charge in [0.15, 0.2) is 23.6 Å². The van der Waals surface area contributed by atoms with Crippen molar-refractivity contribution < 1.29 is 81.5 Å². The third kappa shape index (κ3) is 8.72. The van der Waals surface area contributed by atoms with Crippen LogP contribution in [0.5, 0.6) is 0 Å². The molecule has 72 heavy (non-hydrogen) atoms. The number of Topliss-reactive ketones (excluding diaryl/α,β-unsaturated/α-hetero) is 1. The standard InChI is InChI=1S/C52H52N2O18/c1-27-34(69-48(62)40(57)39(30-16-10-7-11-17-30)53-45(59)31-18-12-8-13-19-31)25-52(63)44(71-46(60)32-20-14-9-15-21-32)42-50(6,43(58)41(67-28(2)55)38(27)49(52,4)5)35(24-36-51(42,26-66-36)72-29(3)56)70-47(61)33-22-23-37(68-33)54(64)65/h7-23,34-36,39-42,44,57,63H,24-26H2,1-6H3,(H,53,59)/t34-,35-,36+,39-,40+,41+,42-,44-,50+,51-,52+/m0/s1. The number of ketones is 1. The van der Waals surface area contributed by atoms with E-state index in [2.05, 4.69) is 5.32 Å². The summed E-state index contributed by atoms with van der Waals surface area (Å²) in [6.45, 7) is 7.43. The molecular formula is C52H52N2O18. The number of hydrogen-bond donors (Lipinski definition) is 3. The van der Waals surface area contributed by atoms with Crippen molar-refractivity contribution in [3.05, 3.63) is 147 Å². The second kappa shape index (κ2) is 19.2. The topological polar surface area (TPSA) is 284 Å². The second-order valence-electron chi connectivity index (χ2n) is 19.1. The van der Waals surface area contributed by atoms with Crippen molar-refractivity contribution in [2.45, 2.75) is 108 Å². The van der Waals surface area contributed by atoms with E-state index in [0.29, 0.717) is 5.56 Å². The maximum absolute atomic E-state index is 16.2. The normalized spacial score (nSPS) is 28.9. The summed E-state index contributed by atoms with van der Waals surface area (Å²) in [6, 6.07) is 24.2. The molecule has 3 aliphatic carbocycles. The summed E-state index contributed by atoms with van der Waals surface area (Å²) in [5.41, 5.74) is -8.20. The third-order valence-corrected chi connectivity index (χ3v) is 14.7. The van der Waals surface area contributed by atoms with Gasteiger partial charge in [-0.05, 0) is 60.9 Å². The summed E-state index contributed by atoms with van der Waals surface area (Å²) < 4.78 is 41.9. The number of hydrogen-bond acceptors (Lipinski definition) is 18. The number of aliphatic hydroxyl groups is 2. The molecule has 0 unspecified atom stereocenters. The van der Waals surface area contributed by atoms with E-state index in [4.69, 9.17) is 32.8 Å². The number of carbonyl (C=O) groups excluding carboxylic acids is 7. The molecule has 3 N–H and O–H groups in total. The highest BCUT2D eigenvalue weighted by atomic mass is 16.7. The van der Waals surface area contributed by atoms with Gasteiger partial charge in [0, 0.05) is 37.7 Å². The maximum atomic E-state index is 16.2. The van der Waals surface area contributed by atoms with E-state index in [1.807, 2.05) is 0 Å². The van der Waals surface area contributed by atoms with Crippen molar-refractivity contribution >= 4 is 47.4 Å². The minimum Gasteiger partial charge on any atom is -0.456 e. The SMILES string of the molecule is CC(=O)O[C@H]1C(=O)[C@]2(C)[C@@H](OC(=O)c3ccc([N+](=O)[O-])o3)C[C@H]3OC[C@@]3(OC(C)=O)[C@H]2[C@H](OC(=O)c2ccccc2)[C@]2(O)C[C@H](OC(=O)[C@H](O)[C@@H](NC(=O)c3ccccc3)c3ccccc3)C(C)=C1C2(C)C. The molecule has 2 heterocycles. The van der Waals surface area contributed by atoms with Gasteiger partial charge in [-0.2, -0.15) is 0 Å². The van der Waals surface area contributed by atoms with Gasteiger partial charge >= 0.3 is 35.7 Å². The van der Waals surface area contributed by atoms with Crippen molar-refractivity contribution in [3.8, 4) is 0 Å². The van der Waals surface area contributed by atoms with Gasteiger partial charge in [0.2, 0.25) is 5.76 Å². The Kier molecular flexibility index (Phi) is 13.6. The number of esters is 5. The molecule has 2 bridgehead atoms. The predicted octanol–water partition coefficient (Wildman–Crippen LogP) is 5.10. The fraction of sp³-hybridized carbons (Fsp3) is 0.404. The third-order valence-electron chi connectivity index (χ3n) is 14.7. The molecule has 1 saturated heterocycles. The Labute approximate surface area is 411 Å². The highest BCUT2D eigenvalue weighted by Crippen LogP contribution is 2.65. The van der Waals surface area contributed by atoms with Crippen molar-refractivity contribution in [1.29, 1.82) is 0 Å². The first-order valence-electron chi connectivity index (χ1n) is 23.0. The number of nitrogens with one attached hydrogen (secondary N) is 1. The molecule has 0 radical (unpaired) electrons. The fourth-order valence-electron chi connectivity index (χ4n) is 11.1. The maximum Gasteiger partial charge on any atom is 0.433 e. The van der Waals surface area contributed by atoms with Gasteiger partial charge in [-0.3, -0.25) is 29.3 Å². The number of ether oxygens (including phenoxy) is 6. The van der Waals surface area contributed by atoms with Crippen LogP contribution in [0.1, 0.15) is 97.3 Å². The second-order valence-corrected chi connectivity index (χ2v) is 19.1. The number of amides is 1. The average molecular weight is 993 g/mol.